The van der Waals surface area contributed by atoms with E-state index < -0.39 is 10.7 Å². The van der Waals surface area contributed by atoms with Crippen molar-refractivity contribution in [3.8, 4) is 0 Å². The van der Waals surface area contributed by atoms with Crippen LogP contribution in [0, 0.1) is 5.82 Å². The first-order valence-corrected chi connectivity index (χ1v) is 10.8. The zero-order valence-corrected chi connectivity index (χ0v) is 17.3. The number of amides is 2. The molecular weight excluding hydrogens is 423 g/mol. The molecular formula is C23H16ClFN2O2S. The van der Waals surface area contributed by atoms with Gasteiger partial charge in [-0.3, -0.25) is 14.5 Å². The topological polar surface area (TPSA) is 40.6 Å². The fraction of sp³-hybridized carbons (Fsp3) is 0.130. The highest BCUT2D eigenvalue weighted by molar-refractivity contribution is 8.02. The molecule has 3 aromatic rings. The second-order valence-corrected chi connectivity index (χ2v) is 8.71. The quantitative estimate of drug-likeness (QED) is 0.580. The lowest BCUT2D eigenvalue weighted by Crippen LogP contribution is -2.49. The number of thioether (sulfide) groups is 1. The van der Waals surface area contributed by atoms with E-state index in [0.717, 1.165) is 16.8 Å². The first kappa shape index (κ1) is 19.2. The van der Waals surface area contributed by atoms with Gasteiger partial charge in [0.25, 0.3) is 5.91 Å². The molecule has 0 unspecified atom stereocenters. The average molecular weight is 439 g/mol. The highest BCUT2D eigenvalue weighted by atomic mass is 35.5. The highest BCUT2D eigenvalue weighted by Gasteiger charge is 2.60. The minimum Gasteiger partial charge on any atom is -0.304 e. The van der Waals surface area contributed by atoms with Crippen LogP contribution < -0.4 is 9.80 Å². The molecule has 1 atom stereocenters. The van der Waals surface area contributed by atoms with Crippen LogP contribution in [0.2, 0.25) is 5.02 Å². The van der Waals surface area contributed by atoms with Gasteiger partial charge in [0, 0.05) is 16.3 Å². The summed E-state index contributed by atoms with van der Waals surface area (Å²) in [5.41, 5.74) is 2.81. The summed E-state index contributed by atoms with van der Waals surface area (Å²) < 4.78 is 13.5. The van der Waals surface area contributed by atoms with E-state index in [1.54, 1.807) is 11.0 Å². The third-order valence-corrected chi connectivity index (χ3v) is 7.19. The minimum absolute atomic E-state index is 0.164. The smallest absolute Gasteiger partial charge is 0.269 e. The predicted molar refractivity (Wildman–Crippen MR) is 117 cm³/mol. The van der Waals surface area contributed by atoms with Crippen LogP contribution in [0.1, 0.15) is 11.1 Å². The molecule has 0 aliphatic carbocycles. The van der Waals surface area contributed by atoms with Crippen molar-refractivity contribution in [1.29, 1.82) is 0 Å². The zero-order chi connectivity index (χ0) is 20.9. The lowest BCUT2D eigenvalue weighted by Gasteiger charge is -2.33. The fourth-order valence-corrected chi connectivity index (χ4v) is 5.65. The molecule has 3 aromatic carbocycles. The molecule has 0 bridgehead atoms. The highest BCUT2D eigenvalue weighted by Crippen LogP contribution is 2.56. The summed E-state index contributed by atoms with van der Waals surface area (Å²) in [6.45, 7) is 0.295. The van der Waals surface area contributed by atoms with Gasteiger partial charge >= 0.3 is 0 Å². The van der Waals surface area contributed by atoms with Gasteiger partial charge in [-0.1, -0.05) is 48.0 Å². The summed E-state index contributed by atoms with van der Waals surface area (Å²) in [5.74, 6) is -0.624. The van der Waals surface area contributed by atoms with Crippen molar-refractivity contribution in [3.05, 3.63) is 94.8 Å². The maximum atomic E-state index is 13.9. The first-order valence-electron chi connectivity index (χ1n) is 9.40. The summed E-state index contributed by atoms with van der Waals surface area (Å²) in [4.78, 5) is 28.8. The molecule has 2 amide bonds. The lowest BCUT2D eigenvalue weighted by atomic mass is 10.0. The maximum absolute atomic E-state index is 13.9. The number of hydrogen-bond acceptors (Lipinski definition) is 3. The molecule has 0 N–H and O–H groups in total. The fourth-order valence-electron chi connectivity index (χ4n) is 4.10. The van der Waals surface area contributed by atoms with Crippen molar-refractivity contribution >= 4 is 46.6 Å². The molecule has 2 aliphatic heterocycles. The van der Waals surface area contributed by atoms with Gasteiger partial charge in [0.1, 0.15) is 5.82 Å². The first-order chi connectivity index (χ1) is 14.5. The predicted octanol–water partition coefficient (Wildman–Crippen LogP) is 4.96. The Balaban J connectivity index is 1.65. The van der Waals surface area contributed by atoms with Crippen LogP contribution in [0.3, 0.4) is 0 Å². The molecule has 1 fully saturated rings. The number of para-hydroxylation sites is 1. The summed E-state index contributed by atoms with van der Waals surface area (Å²) >= 11 is 7.64. The van der Waals surface area contributed by atoms with Gasteiger partial charge in [-0.15, -0.1) is 11.8 Å². The Morgan fingerprint density at radius 3 is 2.43 bits per heavy atom. The molecule has 7 heteroatoms. The Labute approximate surface area is 182 Å². The van der Waals surface area contributed by atoms with Crippen molar-refractivity contribution in [1.82, 2.24) is 0 Å². The van der Waals surface area contributed by atoms with Crippen LogP contribution in [0.25, 0.3) is 0 Å². The number of halogens is 2. The Kier molecular flexibility index (Phi) is 4.56. The molecule has 2 aliphatic rings. The van der Waals surface area contributed by atoms with E-state index in [1.807, 2.05) is 42.5 Å². The summed E-state index contributed by atoms with van der Waals surface area (Å²) in [6.07, 6.45) is 0. The third-order valence-electron chi connectivity index (χ3n) is 5.43. The van der Waals surface area contributed by atoms with E-state index in [4.69, 9.17) is 11.6 Å². The molecule has 0 radical (unpaired) electrons. The van der Waals surface area contributed by atoms with Gasteiger partial charge in [-0.2, -0.15) is 0 Å². The molecule has 5 rings (SSSR count). The van der Waals surface area contributed by atoms with Gasteiger partial charge in [0.15, 0.2) is 0 Å². The average Bonchev–Trinajstić information content (AvgIpc) is 3.22. The zero-order valence-electron chi connectivity index (χ0n) is 15.7. The SMILES string of the molecule is O=C1CS[C@@]2(C(=O)N(Cc3ccccc3Cl)c3ccccc32)N1c1ccc(F)cc1. The van der Waals surface area contributed by atoms with Crippen LogP contribution in [0.4, 0.5) is 15.8 Å². The van der Waals surface area contributed by atoms with Crippen LogP contribution in [0.15, 0.2) is 72.8 Å². The number of nitrogens with zero attached hydrogens (tertiary/aromatic N) is 2. The van der Waals surface area contributed by atoms with E-state index >= 15 is 0 Å². The number of hydrogen-bond donors (Lipinski definition) is 0. The summed E-state index contributed by atoms with van der Waals surface area (Å²) in [7, 11) is 0. The molecule has 1 spiro atoms. The van der Waals surface area contributed by atoms with Gasteiger partial charge < -0.3 is 4.90 Å². The number of carbonyl (C=O) groups excluding carboxylic acids is 2. The number of fused-ring (bicyclic) bond motifs is 2. The van der Waals surface area contributed by atoms with E-state index in [9.17, 15) is 14.0 Å². The number of carbonyl (C=O) groups is 2. The molecule has 0 saturated carbocycles. The van der Waals surface area contributed by atoms with Crippen LogP contribution >= 0.6 is 23.4 Å². The largest absolute Gasteiger partial charge is 0.304 e. The maximum Gasteiger partial charge on any atom is 0.269 e. The van der Waals surface area contributed by atoms with E-state index in [2.05, 4.69) is 0 Å². The summed E-state index contributed by atoms with van der Waals surface area (Å²) in [6, 6.07) is 20.5. The molecule has 2 heterocycles. The Hall–Kier alpha value is -2.83. The van der Waals surface area contributed by atoms with Crippen molar-refractivity contribution < 1.29 is 14.0 Å². The number of rotatable bonds is 3. The van der Waals surface area contributed by atoms with Crippen molar-refractivity contribution in [2.45, 2.75) is 11.4 Å². The monoisotopic (exact) mass is 438 g/mol. The van der Waals surface area contributed by atoms with Gasteiger partial charge in [-0.25, -0.2) is 4.39 Å². The van der Waals surface area contributed by atoms with Gasteiger partial charge in [0.05, 0.1) is 18.0 Å². The second kappa shape index (κ2) is 7.15. The second-order valence-electron chi connectivity index (χ2n) is 7.14. The van der Waals surface area contributed by atoms with Crippen LogP contribution in [-0.2, 0) is 21.0 Å². The van der Waals surface area contributed by atoms with Crippen LogP contribution in [0.5, 0.6) is 0 Å². The van der Waals surface area contributed by atoms with Gasteiger partial charge in [-0.05, 0) is 42.0 Å². The molecule has 0 aromatic heterocycles. The molecule has 1 saturated heterocycles. The Morgan fingerprint density at radius 2 is 1.67 bits per heavy atom. The lowest BCUT2D eigenvalue weighted by molar-refractivity contribution is -0.123. The minimum atomic E-state index is -1.22. The Bertz CT molecular complexity index is 1170. The Morgan fingerprint density at radius 1 is 0.967 bits per heavy atom. The number of benzene rings is 3. The summed E-state index contributed by atoms with van der Waals surface area (Å²) in [5, 5.41) is 0.578. The normalized spacial score (nSPS) is 20.3. The third kappa shape index (κ3) is 2.75. The van der Waals surface area contributed by atoms with E-state index in [1.165, 1.54) is 40.9 Å². The molecule has 30 heavy (non-hydrogen) atoms. The molecule has 150 valence electrons. The standard InChI is InChI=1S/C23H16ClFN2O2S/c24-19-7-3-1-5-15(19)13-26-20-8-4-2-6-18(20)23(22(26)29)27(21(28)14-30-23)17-11-9-16(25)10-12-17/h1-12H,13-14H2/t23-/m0/s1. The van der Waals surface area contributed by atoms with Crippen molar-refractivity contribution in [3.63, 3.8) is 0 Å². The van der Waals surface area contributed by atoms with Crippen molar-refractivity contribution in [2.24, 2.45) is 0 Å². The van der Waals surface area contributed by atoms with Crippen LogP contribution in [-0.4, -0.2) is 17.6 Å². The van der Waals surface area contributed by atoms with E-state index in [0.29, 0.717) is 17.3 Å². The van der Waals surface area contributed by atoms with Gasteiger partial charge in [0.2, 0.25) is 10.8 Å². The van der Waals surface area contributed by atoms with Crippen molar-refractivity contribution in [2.75, 3.05) is 15.6 Å². The molecule has 4 nitrogen and oxygen atoms in total. The number of anilines is 2. The van der Waals surface area contributed by atoms with E-state index in [-0.39, 0.29) is 17.6 Å².